The second-order valence-corrected chi connectivity index (χ2v) is 9.21. The number of carbonyl (C=O) groups excluding carboxylic acids is 1. The van der Waals surface area contributed by atoms with Gasteiger partial charge in [0, 0.05) is 31.2 Å². The predicted octanol–water partition coefficient (Wildman–Crippen LogP) is 0.252. The van der Waals surface area contributed by atoms with Crippen LogP contribution in [0.5, 0.6) is 0 Å². The van der Waals surface area contributed by atoms with Gasteiger partial charge in [0.25, 0.3) is 11.5 Å². The molecule has 2 heterocycles. The summed E-state index contributed by atoms with van der Waals surface area (Å²) in [6, 6.07) is 4.30. The van der Waals surface area contributed by atoms with Gasteiger partial charge in [0.15, 0.2) is 0 Å². The Morgan fingerprint density at radius 2 is 2.04 bits per heavy atom. The summed E-state index contributed by atoms with van der Waals surface area (Å²) in [6.45, 7) is 5.88. The summed E-state index contributed by atoms with van der Waals surface area (Å²) in [6.07, 6.45) is 0.361. The fraction of sp³-hybridized carbons (Fsp3) is 0.500. The van der Waals surface area contributed by atoms with Crippen LogP contribution in [-0.4, -0.2) is 53.2 Å². The lowest BCUT2D eigenvalue weighted by molar-refractivity contribution is 0.0793. The zero-order chi connectivity index (χ0) is 20.6. The largest absolute Gasteiger partial charge is 0.337 e. The Balaban J connectivity index is 1.87. The molecule has 2 N–H and O–H groups in total. The molecule has 0 aliphatic carbocycles. The van der Waals surface area contributed by atoms with Crippen LogP contribution in [0, 0.1) is 0 Å². The highest BCUT2D eigenvalue weighted by atomic mass is 32.2. The summed E-state index contributed by atoms with van der Waals surface area (Å²) in [4.78, 5) is 41.3. The molecule has 0 saturated carbocycles. The second kappa shape index (κ2) is 7.51. The Morgan fingerprint density at radius 1 is 1.32 bits per heavy atom. The number of aromatic amines is 1. The maximum absolute atomic E-state index is 12.8. The summed E-state index contributed by atoms with van der Waals surface area (Å²) < 4.78 is 28.3. The van der Waals surface area contributed by atoms with E-state index < -0.39 is 26.5 Å². The van der Waals surface area contributed by atoms with E-state index in [-0.39, 0.29) is 30.6 Å². The highest BCUT2D eigenvalue weighted by molar-refractivity contribution is 7.90. The van der Waals surface area contributed by atoms with Crippen molar-refractivity contribution in [3.05, 3.63) is 44.6 Å². The minimum Gasteiger partial charge on any atom is -0.337 e. The molecular formula is C18H24N4O5S. The number of hydrogen-bond acceptors (Lipinski definition) is 5. The molecule has 0 radical (unpaired) electrons. The number of nitrogens with zero attached hydrogens (tertiary/aromatic N) is 2. The van der Waals surface area contributed by atoms with Crippen molar-refractivity contribution < 1.29 is 13.2 Å². The van der Waals surface area contributed by atoms with Crippen LogP contribution in [0.4, 0.5) is 0 Å². The van der Waals surface area contributed by atoms with Gasteiger partial charge in [-0.2, -0.15) is 0 Å². The number of carbonyl (C=O) groups is 1. The highest BCUT2D eigenvalue weighted by Gasteiger charge is 2.35. The van der Waals surface area contributed by atoms with Crippen LogP contribution in [0.1, 0.15) is 37.6 Å². The Kier molecular flexibility index (Phi) is 5.44. The number of rotatable bonds is 5. The summed E-state index contributed by atoms with van der Waals surface area (Å²) in [5, 5.41) is -0.336. The molecule has 3 rings (SSSR count). The van der Waals surface area contributed by atoms with E-state index in [1.165, 1.54) is 23.1 Å². The zero-order valence-electron chi connectivity index (χ0n) is 16.1. The number of sulfonamides is 1. The van der Waals surface area contributed by atoms with Gasteiger partial charge in [0.1, 0.15) is 0 Å². The molecule has 1 aromatic carbocycles. The van der Waals surface area contributed by atoms with Crippen LogP contribution in [0.2, 0.25) is 0 Å². The smallest absolute Gasteiger partial charge is 0.328 e. The Bertz CT molecular complexity index is 1130. The van der Waals surface area contributed by atoms with Crippen molar-refractivity contribution in [1.29, 1.82) is 0 Å². The van der Waals surface area contributed by atoms with Crippen LogP contribution in [0.15, 0.2) is 27.8 Å². The van der Waals surface area contributed by atoms with Gasteiger partial charge in [-0.1, -0.05) is 0 Å². The third-order valence-corrected chi connectivity index (χ3v) is 6.88. The molecule has 1 aromatic heterocycles. The molecule has 0 spiro atoms. The van der Waals surface area contributed by atoms with Gasteiger partial charge in [-0.05, 0) is 45.4 Å². The molecule has 1 aliphatic heterocycles. The van der Waals surface area contributed by atoms with E-state index in [0.717, 1.165) is 4.57 Å². The molecule has 0 bridgehead atoms. The summed E-state index contributed by atoms with van der Waals surface area (Å²) >= 11 is 0. The molecular weight excluding hydrogens is 384 g/mol. The first-order valence-electron chi connectivity index (χ1n) is 9.21. The van der Waals surface area contributed by atoms with Crippen LogP contribution < -0.4 is 16.0 Å². The molecule has 9 nitrogen and oxygen atoms in total. The predicted molar refractivity (Wildman–Crippen MR) is 106 cm³/mol. The molecule has 2 aromatic rings. The number of hydrogen-bond donors (Lipinski definition) is 2. The van der Waals surface area contributed by atoms with E-state index in [1.54, 1.807) is 20.8 Å². The van der Waals surface area contributed by atoms with Gasteiger partial charge in [0.2, 0.25) is 10.0 Å². The number of aromatic nitrogens is 2. The third-order valence-electron chi connectivity index (χ3n) is 4.82. The van der Waals surface area contributed by atoms with Gasteiger partial charge in [-0.15, -0.1) is 0 Å². The average Bonchev–Trinajstić information content (AvgIpc) is 3.11. The molecule has 1 saturated heterocycles. The van der Waals surface area contributed by atoms with E-state index >= 15 is 0 Å². The molecule has 0 unspecified atom stereocenters. The minimum absolute atomic E-state index is 0.104. The molecule has 1 fully saturated rings. The van der Waals surface area contributed by atoms with Gasteiger partial charge >= 0.3 is 5.69 Å². The Morgan fingerprint density at radius 3 is 2.68 bits per heavy atom. The van der Waals surface area contributed by atoms with E-state index in [9.17, 15) is 22.8 Å². The average molecular weight is 408 g/mol. The SMILES string of the molecule is CCn1c(=O)[nH]c2cc(C(=O)N3CC[C@@H](S(=O)(=O)NC(C)C)C3)ccc2c1=O. The highest BCUT2D eigenvalue weighted by Crippen LogP contribution is 2.20. The molecule has 1 aliphatic rings. The summed E-state index contributed by atoms with van der Waals surface area (Å²) in [7, 11) is -3.50. The number of fused-ring (bicyclic) bond motifs is 1. The molecule has 28 heavy (non-hydrogen) atoms. The van der Waals surface area contributed by atoms with Crippen molar-refractivity contribution >= 4 is 26.8 Å². The molecule has 152 valence electrons. The van der Waals surface area contributed by atoms with Crippen molar-refractivity contribution in [1.82, 2.24) is 19.2 Å². The van der Waals surface area contributed by atoms with Crippen molar-refractivity contribution in [3.63, 3.8) is 0 Å². The number of H-pyrrole nitrogens is 1. The van der Waals surface area contributed by atoms with Crippen molar-refractivity contribution in [3.8, 4) is 0 Å². The van der Waals surface area contributed by atoms with E-state index in [2.05, 4.69) is 9.71 Å². The number of likely N-dealkylation sites (tertiary alicyclic amines) is 1. The molecule has 10 heteroatoms. The zero-order valence-corrected chi connectivity index (χ0v) is 16.9. The minimum atomic E-state index is -3.50. The van der Waals surface area contributed by atoms with Crippen molar-refractivity contribution in [2.45, 2.75) is 45.0 Å². The molecule has 1 atom stereocenters. The van der Waals surface area contributed by atoms with Crippen LogP contribution in [0.3, 0.4) is 0 Å². The van der Waals surface area contributed by atoms with E-state index in [1.807, 2.05) is 0 Å². The molecule has 1 amide bonds. The Labute approximate surface area is 162 Å². The quantitative estimate of drug-likeness (QED) is 0.735. The second-order valence-electron chi connectivity index (χ2n) is 7.22. The normalized spacial score (nSPS) is 17.6. The maximum atomic E-state index is 12.8. The van der Waals surface area contributed by atoms with Gasteiger partial charge in [0.05, 0.1) is 16.2 Å². The first kappa shape index (κ1) is 20.3. The van der Waals surface area contributed by atoms with Crippen LogP contribution in [-0.2, 0) is 16.6 Å². The lowest BCUT2D eigenvalue weighted by Gasteiger charge is -2.18. The van der Waals surface area contributed by atoms with Gasteiger partial charge in [-0.3, -0.25) is 14.2 Å². The number of amides is 1. The monoisotopic (exact) mass is 408 g/mol. The third kappa shape index (κ3) is 3.74. The van der Waals surface area contributed by atoms with Gasteiger partial charge in [-0.25, -0.2) is 17.9 Å². The summed E-state index contributed by atoms with van der Waals surface area (Å²) in [5.41, 5.74) is -0.355. The van der Waals surface area contributed by atoms with Gasteiger partial charge < -0.3 is 9.88 Å². The van der Waals surface area contributed by atoms with E-state index in [0.29, 0.717) is 23.9 Å². The number of nitrogens with one attached hydrogen (secondary N) is 2. The van der Waals surface area contributed by atoms with Crippen LogP contribution in [0.25, 0.3) is 10.9 Å². The van der Waals surface area contributed by atoms with Crippen molar-refractivity contribution in [2.75, 3.05) is 13.1 Å². The first-order chi connectivity index (χ1) is 13.1. The standard InChI is InChI=1S/C18H24N4O5S/c1-4-22-17(24)14-6-5-12(9-15(14)19-18(22)25)16(23)21-8-7-13(10-21)28(26,27)20-11(2)3/h5-6,9,11,13,20H,4,7-8,10H2,1-3H3,(H,19,25)/t13-/m1/s1. The lowest BCUT2D eigenvalue weighted by Crippen LogP contribution is -2.40. The summed E-state index contributed by atoms with van der Waals surface area (Å²) in [5.74, 6) is -0.329. The van der Waals surface area contributed by atoms with Crippen molar-refractivity contribution in [2.24, 2.45) is 0 Å². The topological polar surface area (TPSA) is 121 Å². The fourth-order valence-electron chi connectivity index (χ4n) is 3.45. The maximum Gasteiger partial charge on any atom is 0.328 e. The Hall–Kier alpha value is -2.46. The fourth-order valence-corrected chi connectivity index (χ4v) is 5.09. The van der Waals surface area contributed by atoms with Crippen LogP contribution >= 0.6 is 0 Å². The first-order valence-corrected chi connectivity index (χ1v) is 10.8. The van der Waals surface area contributed by atoms with E-state index in [4.69, 9.17) is 0 Å². The number of benzene rings is 1. The lowest BCUT2D eigenvalue weighted by atomic mass is 10.1.